The summed E-state index contributed by atoms with van der Waals surface area (Å²) >= 11 is 5.40. The molecule has 8 nitrogen and oxygen atoms in total. The minimum Gasteiger partial charge on any atom is -0.347 e. The monoisotopic (exact) mass is 511 g/mol. The number of carbonyl (C=O) groups excluding carboxylic acids is 1. The highest BCUT2D eigenvalue weighted by atomic mass is 32.1. The molecule has 0 fully saturated rings. The van der Waals surface area contributed by atoms with Crippen LogP contribution < -0.4 is 21.5 Å². The Morgan fingerprint density at radius 3 is 2.19 bits per heavy atom. The van der Waals surface area contributed by atoms with E-state index < -0.39 is 11.0 Å². The number of nitro benzene ring substituents is 1. The predicted molar refractivity (Wildman–Crippen MR) is 150 cm³/mol. The summed E-state index contributed by atoms with van der Waals surface area (Å²) in [4.78, 5) is 24.2. The summed E-state index contributed by atoms with van der Waals surface area (Å²) in [6.45, 7) is 1.95. The smallest absolute Gasteiger partial charge is 0.292 e. The lowest BCUT2D eigenvalue weighted by molar-refractivity contribution is -0.383. The summed E-state index contributed by atoms with van der Waals surface area (Å²) < 4.78 is 0. The predicted octanol–water partition coefficient (Wildman–Crippen LogP) is 5.74. The van der Waals surface area contributed by atoms with Crippen LogP contribution in [0.15, 0.2) is 103 Å². The number of aryl methyl sites for hydroxylation is 1. The van der Waals surface area contributed by atoms with Gasteiger partial charge in [0, 0.05) is 6.07 Å². The van der Waals surface area contributed by atoms with E-state index in [0.29, 0.717) is 5.56 Å². The van der Waals surface area contributed by atoms with Crippen molar-refractivity contribution in [1.29, 1.82) is 0 Å². The van der Waals surface area contributed by atoms with Gasteiger partial charge in [0.1, 0.15) is 11.7 Å². The van der Waals surface area contributed by atoms with Gasteiger partial charge in [-0.05, 0) is 53.5 Å². The molecule has 4 aromatic rings. The largest absolute Gasteiger partial charge is 0.347 e. The van der Waals surface area contributed by atoms with Crippen molar-refractivity contribution in [3.8, 4) is 11.1 Å². The van der Waals surface area contributed by atoms with Crippen molar-refractivity contribution >= 4 is 40.3 Å². The standard InChI is InChI=1S/C28H25N5O3S/c1-19-16-17-22(20-10-4-2-5-11-20)18-24(19)31-32-27(34)26(21-12-6-3-7-13-21)30-28(37)29-23-14-8-9-15-25(23)33(35)36/h2-18,26,31H,1H3,(H,32,34)(H2,29,30,37). The molecule has 1 atom stereocenters. The fourth-order valence-electron chi connectivity index (χ4n) is 3.74. The molecule has 1 amide bonds. The maximum Gasteiger partial charge on any atom is 0.292 e. The number of rotatable bonds is 8. The van der Waals surface area contributed by atoms with Gasteiger partial charge in [0.25, 0.3) is 11.6 Å². The third-order valence-electron chi connectivity index (χ3n) is 5.68. The van der Waals surface area contributed by atoms with Crippen LogP contribution in [0.5, 0.6) is 0 Å². The van der Waals surface area contributed by atoms with Crippen LogP contribution in [0.2, 0.25) is 0 Å². The second-order valence-electron chi connectivity index (χ2n) is 8.23. The third-order valence-corrected chi connectivity index (χ3v) is 5.90. The topological polar surface area (TPSA) is 108 Å². The van der Waals surface area contributed by atoms with Crippen LogP contribution >= 0.6 is 12.2 Å². The van der Waals surface area contributed by atoms with Crippen molar-refractivity contribution in [2.75, 3.05) is 10.7 Å². The van der Waals surface area contributed by atoms with Gasteiger partial charge < -0.3 is 10.6 Å². The highest BCUT2D eigenvalue weighted by Gasteiger charge is 2.23. The molecule has 0 aliphatic carbocycles. The first kappa shape index (κ1) is 25.3. The summed E-state index contributed by atoms with van der Waals surface area (Å²) in [5.41, 5.74) is 10.3. The fraction of sp³-hybridized carbons (Fsp3) is 0.0714. The van der Waals surface area contributed by atoms with E-state index in [4.69, 9.17) is 12.2 Å². The summed E-state index contributed by atoms with van der Waals surface area (Å²) in [5, 5.41) is 17.2. The molecular weight excluding hydrogens is 486 g/mol. The average Bonchev–Trinajstić information content (AvgIpc) is 2.92. The average molecular weight is 512 g/mol. The molecule has 186 valence electrons. The van der Waals surface area contributed by atoms with Crippen molar-refractivity contribution in [2.45, 2.75) is 13.0 Å². The second-order valence-corrected chi connectivity index (χ2v) is 8.63. The van der Waals surface area contributed by atoms with Gasteiger partial charge >= 0.3 is 0 Å². The van der Waals surface area contributed by atoms with Gasteiger partial charge in [-0.25, -0.2) is 0 Å². The number of hydrogen-bond acceptors (Lipinski definition) is 5. The number of para-hydroxylation sites is 2. The van der Waals surface area contributed by atoms with Crippen molar-refractivity contribution in [1.82, 2.24) is 10.7 Å². The SMILES string of the molecule is Cc1ccc(-c2ccccc2)cc1NNC(=O)C(NC(=S)Nc1ccccc1[N+](=O)[O-])c1ccccc1. The zero-order valence-corrected chi connectivity index (χ0v) is 20.8. The maximum absolute atomic E-state index is 13.3. The summed E-state index contributed by atoms with van der Waals surface area (Å²) in [6.07, 6.45) is 0. The van der Waals surface area contributed by atoms with Crippen LogP contribution in [-0.4, -0.2) is 15.9 Å². The Morgan fingerprint density at radius 1 is 0.838 bits per heavy atom. The lowest BCUT2D eigenvalue weighted by Crippen LogP contribution is -2.43. The minimum absolute atomic E-state index is 0.0700. The molecule has 9 heteroatoms. The highest BCUT2D eigenvalue weighted by molar-refractivity contribution is 7.80. The molecule has 4 rings (SSSR count). The van der Waals surface area contributed by atoms with E-state index >= 15 is 0 Å². The Kier molecular flexibility index (Phi) is 8.07. The lowest BCUT2D eigenvalue weighted by atomic mass is 10.0. The summed E-state index contributed by atoms with van der Waals surface area (Å²) in [6, 6.07) is 30.3. The zero-order chi connectivity index (χ0) is 26.2. The maximum atomic E-state index is 13.3. The Labute approximate surface area is 219 Å². The van der Waals surface area contributed by atoms with Crippen LogP contribution in [0.25, 0.3) is 11.1 Å². The van der Waals surface area contributed by atoms with Crippen LogP contribution in [-0.2, 0) is 4.79 Å². The number of amides is 1. The first-order valence-electron chi connectivity index (χ1n) is 11.5. The number of carbonyl (C=O) groups is 1. The Hall–Kier alpha value is -4.76. The number of nitro groups is 1. The zero-order valence-electron chi connectivity index (χ0n) is 20.0. The van der Waals surface area contributed by atoms with Crippen molar-refractivity contribution < 1.29 is 9.72 Å². The molecule has 0 saturated carbocycles. The number of anilines is 2. The van der Waals surface area contributed by atoms with E-state index in [1.54, 1.807) is 30.3 Å². The van der Waals surface area contributed by atoms with Gasteiger partial charge in [0.2, 0.25) is 0 Å². The summed E-state index contributed by atoms with van der Waals surface area (Å²) in [7, 11) is 0. The molecule has 4 aromatic carbocycles. The fourth-order valence-corrected chi connectivity index (χ4v) is 3.97. The van der Waals surface area contributed by atoms with Crippen molar-refractivity contribution in [2.24, 2.45) is 0 Å². The van der Waals surface area contributed by atoms with Crippen molar-refractivity contribution in [3.63, 3.8) is 0 Å². The molecule has 0 saturated heterocycles. The first-order valence-corrected chi connectivity index (χ1v) is 11.9. The van der Waals surface area contributed by atoms with Gasteiger partial charge in [-0.3, -0.25) is 25.8 Å². The number of nitrogens with one attached hydrogen (secondary N) is 4. The second kappa shape index (κ2) is 11.8. The number of hydrogen-bond donors (Lipinski definition) is 4. The normalized spacial score (nSPS) is 11.2. The minimum atomic E-state index is -0.867. The molecule has 0 aliphatic rings. The van der Waals surface area contributed by atoms with Gasteiger partial charge in [0.05, 0.1) is 10.6 Å². The van der Waals surface area contributed by atoms with E-state index in [1.807, 2.05) is 73.7 Å². The molecular formula is C28H25N5O3S. The molecule has 1 unspecified atom stereocenters. The van der Waals surface area contributed by atoms with E-state index in [2.05, 4.69) is 21.5 Å². The van der Waals surface area contributed by atoms with Crippen molar-refractivity contribution in [3.05, 3.63) is 124 Å². The number of thiocarbonyl (C=S) groups is 1. The van der Waals surface area contributed by atoms with Gasteiger partial charge in [-0.15, -0.1) is 0 Å². The van der Waals surface area contributed by atoms with Gasteiger partial charge in [0.15, 0.2) is 5.11 Å². The molecule has 0 spiro atoms. The quantitative estimate of drug-likeness (QED) is 0.136. The number of benzene rings is 4. The molecule has 37 heavy (non-hydrogen) atoms. The van der Waals surface area contributed by atoms with Crippen LogP contribution in [0.3, 0.4) is 0 Å². The lowest BCUT2D eigenvalue weighted by Gasteiger charge is -2.22. The number of hydrazine groups is 1. The van der Waals surface area contributed by atoms with E-state index in [-0.39, 0.29) is 22.4 Å². The molecule has 0 heterocycles. The molecule has 0 bridgehead atoms. The van der Waals surface area contributed by atoms with Gasteiger partial charge in [-0.2, -0.15) is 0 Å². The Balaban J connectivity index is 1.50. The summed E-state index contributed by atoms with van der Waals surface area (Å²) in [5.74, 6) is -0.387. The molecule has 0 aromatic heterocycles. The van der Waals surface area contributed by atoms with Crippen LogP contribution in [0, 0.1) is 17.0 Å². The van der Waals surface area contributed by atoms with E-state index in [0.717, 1.165) is 22.4 Å². The third kappa shape index (κ3) is 6.47. The van der Waals surface area contributed by atoms with Crippen LogP contribution in [0.4, 0.5) is 17.1 Å². The first-order chi connectivity index (χ1) is 17.9. The van der Waals surface area contributed by atoms with E-state index in [9.17, 15) is 14.9 Å². The van der Waals surface area contributed by atoms with Gasteiger partial charge in [-0.1, -0.05) is 84.9 Å². The Bertz CT molecular complexity index is 1410. The Morgan fingerprint density at radius 2 is 1.49 bits per heavy atom. The highest BCUT2D eigenvalue weighted by Crippen LogP contribution is 2.26. The molecule has 4 N–H and O–H groups in total. The molecule has 0 radical (unpaired) electrons. The van der Waals surface area contributed by atoms with E-state index in [1.165, 1.54) is 6.07 Å². The number of nitrogens with zero attached hydrogens (tertiary/aromatic N) is 1. The molecule has 0 aliphatic heterocycles. The van der Waals surface area contributed by atoms with Crippen LogP contribution in [0.1, 0.15) is 17.2 Å².